The largest absolute Gasteiger partial charge is 0.497 e. The highest BCUT2D eigenvalue weighted by Gasteiger charge is 2.27. The third-order valence-corrected chi connectivity index (χ3v) is 3.89. The van der Waals surface area contributed by atoms with E-state index in [1.165, 1.54) is 0 Å². The van der Waals surface area contributed by atoms with Crippen LogP contribution < -0.4 is 14.8 Å². The van der Waals surface area contributed by atoms with Gasteiger partial charge in [0, 0.05) is 19.0 Å². The van der Waals surface area contributed by atoms with Crippen molar-refractivity contribution in [1.82, 2.24) is 9.97 Å². The van der Waals surface area contributed by atoms with E-state index >= 15 is 0 Å². The molecule has 1 heterocycles. The van der Waals surface area contributed by atoms with Gasteiger partial charge in [0.15, 0.2) is 0 Å². The highest BCUT2D eigenvalue weighted by Crippen LogP contribution is 2.40. The van der Waals surface area contributed by atoms with Crippen LogP contribution >= 0.6 is 15.9 Å². The van der Waals surface area contributed by atoms with Crippen molar-refractivity contribution in [3.05, 3.63) is 34.6 Å². The minimum absolute atomic E-state index is 0.472. The maximum absolute atomic E-state index is 5.88. The first kappa shape index (κ1) is 14.1. The number of ether oxygens (including phenoxy) is 2. The topological polar surface area (TPSA) is 56.3 Å². The van der Waals surface area contributed by atoms with E-state index in [9.17, 15) is 0 Å². The van der Waals surface area contributed by atoms with Crippen LogP contribution in [0.3, 0.4) is 0 Å². The van der Waals surface area contributed by atoms with Gasteiger partial charge in [0.1, 0.15) is 23.1 Å². The summed E-state index contributed by atoms with van der Waals surface area (Å²) in [7, 11) is 3.47. The van der Waals surface area contributed by atoms with E-state index in [-0.39, 0.29) is 0 Å². The minimum atomic E-state index is 0.472. The predicted octanol–water partition coefficient (Wildman–Crippen LogP) is 3.96. The number of aromatic nitrogens is 2. The zero-order valence-corrected chi connectivity index (χ0v) is 13.5. The molecule has 1 saturated carbocycles. The first-order valence-electron chi connectivity index (χ1n) is 6.77. The molecule has 110 valence electrons. The fourth-order valence-corrected chi connectivity index (χ4v) is 2.39. The highest BCUT2D eigenvalue weighted by molar-refractivity contribution is 9.10. The lowest BCUT2D eigenvalue weighted by Gasteiger charge is -2.10. The summed E-state index contributed by atoms with van der Waals surface area (Å²) in [4.78, 5) is 8.97. The van der Waals surface area contributed by atoms with E-state index < -0.39 is 0 Å². The van der Waals surface area contributed by atoms with Crippen LogP contribution in [-0.4, -0.2) is 24.1 Å². The van der Waals surface area contributed by atoms with Crippen molar-refractivity contribution in [2.75, 3.05) is 19.5 Å². The smallest absolute Gasteiger partial charge is 0.224 e. The number of nitrogens with zero attached hydrogens (tertiary/aromatic N) is 2. The van der Waals surface area contributed by atoms with Crippen molar-refractivity contribution >= 4 is 21.7 Å². The third kappa shape index (κ3) is 3.26. The van der Waals surface area contributed by atoms with Gasteiger partial charge in [-0.15, -0.1) is 0 Å². The van der Waals surface area contributed by atoms with Crippen LogP contribution in [0.2, 0.25) is 0 Å². The molecule has 0 atom stereocenters. The standard InChI is InChI=1S/C15H16BrN3O2/c1-17-13-8-14(19-15(18-13)9-3-4-9)21-12-6-5-10(20-2)7-11(12)16/h5-9H,3-4H2,1-2H3,(H,17,18,19). The lowest BCUT2D eigenvalue weighted by molar-refractivity contribution is 0.411. The van der Waals surface area contributed by atoms with Gasteiger partial charge >= 0.3 is 0 Å². The molecule has 1 N–H and O–H groups in total. The Morgan fingerprint density at radius 1 is 1.24 bits per heavy atom. The van der Waals surface area contributed by atoms with Crippen molar-refractivity contribution in [3.8, 4) is 17.4 Å². The number of hydrogen-bond acceptors (Lipinski definition) is 5. The quantitative estimate of drug-likeness (QED) is 0.885. The fraction of sp³-hybridized carbons (Fsp3) is 0.333. The Bertz CT molecular complexity index is 659. The average Bonchev–Trinajstić information content (AvgIpc) is 3.33. The lowest BCUT2D eigenvalue weighted by atomic mass is 10.3. The van der Waals surface area contributed by atoms with Crippen molar-refractivity contribution in [2.24, 2.45) is 0 Å². The van der Waals surface area contributed by atoms with Crippen molar-refractivity contribution in [2.45, 2.75) is 18.8 Å². The van der Waals surface area contributed by atoms with E-state index in [1.54, 1.807) is 13.2 Å². The second-order valence-electron chi connectivity index (χ2n) is 4.87. The second kappa shape index (κ2) is 5.89. The van der Waals surface area contributed by atoms with Gasteiger partial charge in [0.2, 0.25) is 5.88 Å². The van der Waals surface area contributed by atoms with Crippen molar-refractivity contribution in [1.29, 1.82) is 0 Å². The summed E-state index contributed by atoms with van der Waals surface area (Å²) in [6.45, 7) is 0. The first-order valence-corrected chi connectivity index (χ1v) is 7.57. The monoisotopic (exact) mass is 349 g/mol. The molecule has 5 nitrogen and oxygen atoms in total. The van der Waals surface area contributed by atoms with E-state index in [0.717, 1.165) is 34.7 Å². The van der Waals surface area contributed by atoms with Crippen LogP contribution in [0.15, 0.2) is 28.7 Å². The maximum atomic E-state index is 5.88. The van der Waals surface area contributed by atoms with Gasteiger partial charge in [-0.1, -0.05) is 0 Å². The van der Waals surface area contributed by atoms with Crippen LogP contribution in [0.25, 0.3) is 0 Å². The van der Waals surface area contributed by atoms with Gasteiger partial charge in [-0.3, -0.25) is 0 Å². The van der Waals surface area contributed by atoms with Crippen molar-refractivity contribution in [3.63, 3.8) is 0 Å². The summed E-state index contributed by atoms with van der Waals surface area (Å²) in [6, 6.07) is 7.35. The molecule has 0 saturated heterocycles. The molecule has 1 aromatic carbocycles. The van der Waals surface area contributed by atoms with Crippen LogP contribution in [0.4, 0.5) is 5.82 Å². The Labute approximate surface area is 131 Å². The van der Waals surface area contributed by atoms with Crippen LogP contribution in [-0.2, 0) is 0 Å². The van der Waals surface area contributed by atoms with Gasteiger partial charge in [-0.2, -0.15) is 4.98 Å². The lowest BCUT2D eigenvalue weighted by Crippen LogP contribution is -2.01. The molecule has 21 heavy (non-hydrogen) atoms. The molecule has 0 aliphatic heterocycles. The van der Waals surface area contributed by atoms with Crippen molar-refractivity contribution < 1.29 is 9.47 Å². The number of hydrogen-bond donors (Lipinski definition) is 1. The Morgan fingerprint density at radius 3 is 2.67 bits per heavy atom. The SMILES string of the molecule is CNc1cc(Oc2ccc(OC)cc2Br)nc(C2CC2)n1. The molecule has 0 bridgehead atoms. The number of rotatable bonds is 5. The minimum Gasteiger partial charge on any atom is -0.497 e. The molecular formula is C15H16BrN3O2. The van der Waals surface area contributed by atoms with Crippen LogP contribution in [0, 0.1) is 0 Å². The number of methoxy groups -OCH3 is 1. The van der Waals surface area contributed by atoms with E-state index in [2.05, 4.69) is 31.2 Å². The fourth-order valence-electron chi connectivity index (χ4n) is 1.95. The zero-order valence-electron chi connectivity index (χ0n) is 11.9. The summed E-state index contributed by atoms with van der Waals surface area (Å²) in [5, 5.41) is 3.05. The molecule has 3 rings (SSSR count). The Kier molecular flexibility index (Phi) is 3.96. The molecule has 0 radical (unpaired) electrons. The summed E-state index contributed by atoms with van der Waals surface area (Å²) in [5.41, 5.74) is 0. The second-order valence-corrected chi connectivity index (χ2v) is 5.73. The highest BCUT2D eigenvalue weighted by atomic mass is 79.9. The molecular weight excluding hydrogens is 334 g/mol. The van der Waals surface area contributed by atoms with Gasteiger partial charge in [0.05, 0.1) is 11.6 Å². The van der Waals surface area contributed by atoms with Crippen LogP contribution in [0.1, 0.15) is 24.6 Å². The zero-order chi connectivity index (χ0) is 14.8. The molecule has 0 spiro atoms. The summed E-state index contributed by atoms with van der Waals surface area (Å²) in [6.07, 6.45) is 2.30. The number of anilines is 1. The molecule has 1 aliphatic carbocycles. The third-order valence-electron chi connectivity index (χ3n) is 3.27. The van der Waals surface area contributed by atoms with E-state index in [0.29, 0.717) is 17.5 Å². The molecule has 0 amide bonds. The first-order chi connectivity index (χ1) is 10.2. The molecule has 6 heteroatoms. The average molecular weight is 350 g/mol. The Balaban J connectivity index is 1.88. The van der Waals surface area contributed by atoms with Gasteiger partial charge in [-0.25, -0.2) is 4.98 Å². The van der Waals surface area contributed by atoms with E-state index in [4.69, 9.17) is 9.47 Å². The van der Waals surface area contributed by atoms with Gasteiger partial charge in [-0.05, 0) is 47.0 Å². The predicted molar refractivity (Wildman–Crippen MR) is 84.3 cm³/mol. The van der Waals surface area contributed by atoms with Crippen LogP contribution in [0.5, 0.6) is 17.4 Å². The molecule has 1 aromatic heterocycles. The molecule has 1 aliphatic rings. The maximum Gasteiger partial charge on any atom is 0.224 e. The normalized spacial score (nSPS) is 13.9. The van der Waals surface area contributed by atoms with E-state index in [1.807, 2.05) is 25.2 Å². The summed E-state index contributed by atoms with van der Waals surface area (Å²) in [5.74, 6) is 4.10. The number of halogens is 1. The Morgan fingerprint density at radius 2 is 2.05 bits per heavy atom. The molecule has 0 unspecified atom stereocenters. The number of benzene rings is 1. The number of nitrogens with one attached hydrogen (secondary N) is 1. The van der Waals surface area contributed by atoms with Gasteiger partial charge < -0.3 is 14.8 Å². The summed E-state index contributed by atoms with van der Waals surface area (Å²) >= 11 is 3.48. The molecule has 1 fully saturated rings. The van der Waals surface area contributed by atoms with Gasteiger partial charge in [0.25, 0.3) is 0 Å². The Hall–Kier alpha value is -1.82. The summed E-state index contributed by atoms with van der Waals surface area (Å²) < 4.78 is 11.9. The molecule has 2 aromatic rings.